The van der Waals surface area contributed by atoms with E-state index < -0.39 is 5.97 Å². The second kappa shape index (κ2) is 7.10. The van der Waals surface area contributed by atoms with Gasteiger partial charge in [0.25, 0.3) is 0 Å². The molecule has 0 aliphatic carbocycles. The summed E-state index contributed by atoms with van der Waals surface area (Å²) < 4.78 is 4.33. The Morgan fingerprint density at radius 2 is 2.22 bits per heavy atom. The van der Waals surface area contributed by atoms with Gasteiger partial charge in [0.1, 0.15) is 0 Å². The molecule has 0 heterocycles. The van der Waals surface area contributed by atoms with Crippen LogP contribution in [0.4, 0.5) is 0 Å². The minimum Gasteiger partial charge on any atom is -0.460 e. The van der Waals surface area contributed by atoms with E-state index in [1.165, 1.54) is 0 Å². The summed E-state index contributed by atoms with van der Waals surface area (Å²) in [7, 11) is 0. The van der Waals surface area contributed by atoms with Gasteiger partial charge in [-0.2, -0.15) is 0 Å². The van der Waals surface area contributed by atoms with Crippen LogP contribution in [0.3, 0.4) is 0 Å². The first-order chi connectivity index (χ1) is 3.81. The molecule has 0 unspecified atom stereocenters. The van der Waals surface area contributed by atoms with E-state index in [2.05, 4.69) is 4.74 Å². The molecule has 0 aliphatic rings. The second-order valence-electron chi connectivity index (χ2n) is 1.29. The molecule has 0 bridgehead atoms. The lowest BCUT2D eigenvalue weighted by molar-refractivity contribution is -0.148. The predicted octanol–water partition coefficient (Wildman–Crippen LogP) is -0.686. The third kappa shape index (κ3) is 7.10. The van der Waals surface area contributed by atoms with Gasteiger partial charge in [0.15, 0.2) is 0 Å². The predicted molar refractivity (Wildman–Crippen MR) is 30.9 cm³/mol. The highest BCUT2D eigenvalue weighted by Crippen LogP contribution is 1.77. The molecule has 0 fully saturated rings. The summed E-state index contributed by atoms with van der Waals surface area (Å²) in [4.78, 5) is 19.5. The highest BCUT2D eigenvalue weighted by Gasteiger charge is 1.94. The fourth-order valence-electron chi connectivity index (χ4n) is 0.237. The Bertz CT molecular complexity index is 89.0. The molecule has 2 N–H and O–H groups in total. The molecule has 0 saturated heterocycles. The molecule has 9 heavy (non-hydrogen) atoms. The molecule has 0 saturated carbocycles. The zero-order valence-electron chi connectivity index (χ0n) is 5.22. The van der Waals surface area contributed by atoms with Crippen molar-refractivity contribution < 1.29 is 19.8 Å². The van der Waals surface area contributed by atoms with Crippen LogP contribution in [-0.2, 0) is 14.3 Å². The third-order valence-corrected chi connectivity index (χ3v) is 0.545. The average Bonchev–Trinajstić information content (AvgIpc) is 1.83. The van der Waals surface area contributed by atoms with Crippen molar-refractivity contribution in [3.8, 4) is 0 Å². The molecular formula is C5H10O4. The van der Waals surface area contributed by atoms with Gasteiger partial charge in [0.2, 0.25) is 6.29 Å². The van der Waals surface area contributed by atoms with Crippen molar-refractivity contribution in [3.05, 3.63) is 0 Å². The smallest absolute Gasteiger partial charge is 0.371 e. The lowest BCUT2D eigenvalue weighted by Crippen LogP contribution is -2.05. The number of hydrogen-bond acceptors (Lipinski definition) is 3. The Morgan fingerprint density at radius 1 is 1.67 bits per heavy atom. The van der Waals surface area contributed by atoms with E-state index in [9.17, 15) is 9.59 Å². The Morgan fingerprint density at radius 3 is 2.56 bits per heavy atom. The lowest BCUT2D eigenvalue weighted by Gasteiger charge is -1.92. The van der Waals surface area contributed by atoms with Crippen molar-refractivity contribution in [2.24, 2.45) is 0 Å². The fraction of sp³-hybridized carbons (Fsp3) is 0.600. The van der Waals surface area contributed by atoms with Crippen molar-refractivity contribution in [3.63, 3.8) is 0 Å². The summed E-state index contributed by atoms with van der Waals surface area (Å²) in [6.45, 7) is 2.19. The Hall–Kier alpha value is -0.900. The monoisotopic (exact) mass is 134 g/mol. The fourth-order valence-corrected chi connectivity index (χ4v) is 0.237. The molecule has 54 valence electrons. The van der Waals surface area contributed by atoms with Gasteiger partial charge >= 0.3 is 5.97 Å². The van der Waals surface area contributed by atoms with Crippen molar-refractivity contribution in [2.45, 2.75) is 13.3 Å². The largest absolute Gasteiger partial charge is 0.460 e. The Kier molecular flexibility index (Phi) is 8.66. The zero-order chi connectivity index (χ0) is 6.41. The number of rotatable bonds is 3. The molecule has 0 aromatic rings. The van der Waals surface area contributed by atoms with E-state index in [0.717, 1.165) is 6.42 Å². The van der Waals surface area contributed by atoms with Gasteiger partial charge in [0, 0.05) is 0 Å². The molecule has 0 aromatic heterocycles. The maximum absolute atomic E-state index is 9.98. The molecule has 0 radical (unpaired) electrons. The molecular weight excluding hydrogens is 124 g/mol. The van der Waals surface area contributed by atoms with Gasteiger partial charge in [-0.3, -0.25) is 4.79 Å². The van der Waals surface area contributed by atoms with E-state index in [0.29, 0.717) is 6.61 Å². The number of aldehydes is 1. The van der Waals surface area contributed by atoms with Crippen LogP contribution in [0.5, 0.6) is 0 Å². The maximum atomic E-state index is 9.98. The second-order valence-corrected chi connectivity index (χ2v) is 1.29. The summed E-state index contributed by atoms with van der Waals surface area (Å²) in [5.74, 6) is -0.785. The van der Waals surface area contributed by atoms with E-state index in [1.54, 1.807) is 0 Å². The van der Waals surface area contributed by atoms with Gasteiger partial charge in [-0.1, -0.05) is 6.92 Å². The van der Waals surface area contributed by atoms with Crippen LogP contribution in [0.25, 0.3) is 0 Å². The third-order valence-electron chi connectivity index (χ3n) is 0.545. The first-order valence-electron chi connectivity index (χ1n) is 2.43. The molecule has 4 nitrogen and oxygen atoms in total. The Labute approximate surface area is 53.1 Å². The summed E-state index contributed by atoms with van der Waals surface area (Å²) in [5, 5.41) is 0. The van der Waals surface area contributed by atoms with Crippen LogP contribution in [0, 0.1) is 0 Å². The lowest BCUT2D eigenvalue weighted by atomic mass is 10.5. The topological polar surface area (TPSA) is 74.9 Å². The average molecular weight is 134 g/mol. The first-order valence-corrected chi connectivity index (χ1v) is 2.43. The number of ether oxygens (including phenoxy) is 1. The van der Waals surface area contributed by atoms with Crippen LogP contribution < -0.4 is 0 Å². The molecule has 0 spiro atoms. The zero-order valence-corrected chi connectivity index (χ0v) is 5.22. The van der Waals surface area contributed by atoms with Crippen molar-refractivity contribution in [2.75, 3.05) is 6.61 Å². The van der Waals surface area contributed by atoms with Crippen molar-refractivity contribution in [1.29, 1.82) is 0 Å². The van der Waals surface area contributed by atoms with E-state index in [-0.39, 0.29) is 11.8 Å². The SMILES string of the molecule is CCCOC(=O)C=O.O. The van der Waals surface area contributed by atoms with Gasteiger partial charge in [0.05, 0.1) is 6.61 Å². The van der Waals surface area contributed by atoms with E-state index >= 15 is 0 Å². The summed E-state index contributed by atoms with van der Waals surface area (Å²) in [6, 6.07) is 0. The van der Waals surface area contributed by atoms with Crippen LogP contribution >= 0.6 is 0 Å². The number of esters is 1. The molecule has 4 heteroatoms. The highest BCUT2D eigenvalue weighted by molar-refractivity contribution is 6.20. The molecule has 0 aromatic carbocycles. The van der Waals surface area contributed by atoms with Crippen molar-refractivity contribution in [1.82, 2.24) is 0 Å². The summed E-state index contributed by atoms with van der Waals surface area (Å²) in [6.07, 6.45) is 0.912. The quantitative estimate of drug-likeness (QED) is 0.291. The number of carbonyl (C=O) groups is 2. The molecule has 0 atom stereocenters. The summed E-state index contributed by atoms with van der Waals surface area (Å²) >= 11 is 0. The van der Waals surface area contributed by atoms with Crippen LogP contribution in [0.1, 0.15) is 13.3 Å². The van der Waals surface area contributed by atoms with Gasteiger partial charge < -0.3 is 10.2 Å². The van der Waals surface area contributed by atoms with E-state index in [1.807, 2.05) is 6.92 Å². The van der Waals surface area contributed by atoms with Gasteiger partial charge in [-0.25, -0.2) is 4.79 Å². The minimum atomic E-state index is -0.785. The van der Waals surface area contributed by atoms with Crippen molar-refractivity contribution >= 4 is 12.3 Å². The first kappa shape index (κ1) is 11.0. The van der Waals surface area contributed by atoms with Crippen LogP contribution in [0.15, 0.2) is 0 Å². The maximum Gasteiger partial charge on any atom is 0.371 e. The molecule has 0 rings (SSSR count). The minimum absolute atomic E-state index is 0. The normalized spacial score (nSPS) is 7.22. The molecule has 0 aliphatic heterocycles. The van der Waals surface area contributed by atoms with Gasteiger partial charge in [-0.05, 0) is 6.42 Å². The molecule has 0 amide bonds. The number of carbonyl (C=O) groups excluding carboxylic acids is 2. The van der Waals surface area contributed by atoms with E-state index in [4.69, 9.17) is 0 Å². The Balaban J connectivity index is 0. The highest BCUT2D eigenvalue weighted by atomic mass is 16.5. The number of hydrogen-bond donors (Lipinski definition) is 0. The van der Waals surface area contributed by atoms with Crippen LogP contribution in [-0.4, -0.2) is 24.3 Å². The standard InChI is InChI=1S/C5H8O3.H2O/c1-2-3-8-5(7)4-6;/h4H,2-3H2,1H3;1H2. The van der Waals surface area contributed by atoms with Gasteiger partial charge in [-0.15, -0.1) is 0 Å². The van der Waals surface area contributed by atoms with Crippen LogP contribution in [0.2, 0.25) is 0 Å². The summed E-state index contributed by atoms with van der Waals surface area (Å²) in [5.41, 5.74) is 0.